The molecule has 1 unspecified atom stereocenters. The van der Waals surface area contributed by atoms with E-state index in [1.807, 2.05) is 4.90 Å². The first kappa shape index (κ1) is 41.2. The summed E-state index contributed by atoms with van der Waals surface area (Å²) in [6, 6.07) is 7.29. The van der Waals surface area contributed by atoms with Gasteiger partial charge in [0, 0.05) is 42.2 Å². The van der Waals surface area contributed by atoms with Crippen LogP contribution in [0.3, 0.4) is 0 Å². The second-order valence-electron chi connectivity index (χ2n) is 15.5. The first-order chi connectivity index (χ1) is 27.9. The molecule has 0 saturated carbocycles. The van der Waals surface area contributed by atoms with Gasteiger partial charge < -0.3 is 24.6 Å². The molecule has 19 heteroatoms. The fourth-order valence-electron chi connectivity index (χ4n) is 9.15. The Morgan fingerprint density at radius 3 is 2.31 bits per heavy atom. The number of hydrogen-bond acceptors (Lipinski definition) is 8. The summed E-state index contributed by atoms with van der Waals surface area (Å²) < 4.78 is 167. The molecule has 4 atom stereocenters. The molecule has 4 aliphatic heterocycles. The number of fused-ring (bicyclic) bond motifs is 6. The maximum atomic E-state index is 17.1. The number of hydrogen-bond donors (Lipinski definition) is 1. The molecule has 4 aromatic rings. The van der Waals surface area contributed by atoms with Crippen molar-refractivity contribution in [1.29, 1.82) is 0 Å². The number of anilines is 1. The Hall–Kier alpha value is -4.54. The van der Waals surface area contributed by atoms with Gasteiger partial charge in [-0.3, -0.25) is 0 Å². The van der Waals surface area contributed by atoms with Crippen LogP contribution in [0.15, 0.2) is 30.3 Å². The molecule has 0 amide bonds. The molecule has 3 saturated heterocycles. The van der Waals surface area contributed by atoms with E-state index in [-0.39, 0.29) is 71.4 Å². The van der Waals surface area contributed by atoms with E-state index in [9.17, 15) is 43.9 Å². The fraction of sp³-hybridized carbons (Fsp3) is 0.525. The van der Waals surface area contributed by atoms with Gasteiger partial charge in [-0.2, -0.15) is 49.5 Å². The van der Waals surface area contributed by atoms with E-state index < -0.39 is 61.4 Å². The Morgan fingerprint density at radius 1 is 0.881 bits per heavy atom. The predicted octanol–water partition coefficient (Wildman–Crippen LogP) is 8.43. The summed E-state index contributed by atoms with van der Waals surface area (Å²) in [5, 5.41) is 4.70. The molecule has 0 spiro atoms. The third kappa shape index (κ3) is 7.18. The van der Waals surface area contributed by atoms with Crippen LogP contribution in [0.25, 0.3) is 32.9 Å². The largest absolute Gasteiger partial charge is 0.463 e. The minimum absolute atomic E-state index is 0.0748. The van der Waals surface area contributed by atoms with Crippen molar-refractivity contribution in [2.75, 3.05) is 37.7 Å². The van der Waals surface area contributed by atoms with Crippen molar-refractivity contribution >= 4 is 27.5 Å². The number of ether oxygens (including phenoxy) is 2. The highest BCUT2D eigenvalue weighted by Crippen LogP contribution is 2.55. The number of rotatable bonds is 10. The molecule has 3 fully saturated rings. The van der Waals surface area contributed by atoms with Crippen molar-refractivity contribution in [3.05, 3.63) is 53.2 Å². The number of aromatic nitrogens is 3. The SMILES string of the molecule is C#Cc1c(F)ccc2cccc(-c3nc4c5c(nc(OCCCC(CN6CCCC6)OC(C(F)(F)F)(C(F)(F)F)C(F)(F)F)nc5c3F)N3C[C@H]5CC[C@H](N5)[C@H]3CC4)c12. The molecule has 316 valence electrons. The van der Waals surface area contributed by atoms with E-state index in [4.69, 9.17) is 16.1 Å². The molecule has 8 rings (SSSR count). The molecular weight excluding hydrogens is 805 g/mol. The molecule has 1 N–H and O–H groups in total. The smallest absolute Gasteiger partial charge is 0.435 e. The van der Waals surface area contributed by atoms with Crippen molar-refractivity contribution in [2.24, 2.45) is 0 Å². The van der Waals surface area contributed by atoms with Crippen LogP contribution >= 0.6 is 0 Å². The van der Waals surface area contributed by atoms with E-state index in [2.05, 4.69) is 25.9 Å². The Labute approximate surface area is 330 Å². The lowest BCUT2D eigenvalue weighted by Gasteiger charge is -2.41. The summed E-state index contributed by atoms with van der Waals surface area (Å²) in [5.41, 5.74) is -6.23. The highest BCUT2D eigenvalue weighted by molar-refractivity contribution is 6.02. The molecule has 0 aliphatic carbocycles. The highest BCUT2D eigenvalue weighted by atomic mass is 19.4. The number of piperazine rings is 1. The van der Waals surface area contributed by atoms with E-state index in [1.165, 1.54) is 17.0 Å². The second-order valence-corrected chi connectivity index (χ2v) is 15.5. The minimum atomic E-state index is -6.89. The van der Waals surface area contributed by atoms with Gasteiger partial charge >= 0.3 is 30.1 Å². The van der Waals surface area contributed by atoms with Crippen molar-refractivity contribution < 1.29 is 57.8 Å². The highest BCUT2D eigenvalue weighted by Gasteiger charge is 2.86. The first-order valence-electron chi connectivity index (χ1n) is 19.3. The van der Waals surface area contributed by atoms with E-state index >= 15 is 4.39 Å². The summed E-state index contributed by atoms with van der Waals surface area (Å²) >= 11 is 0. The van der Waals surface area contributed by atoms with Crippen molar-refractivity contribution in [1.82, 2.24) is 25.2 Å². The molecule has 2 bridgehead atoms. The predicted molar refractivity (Wildman–Crippen MR) is 194 cm³/mol. The summed E-state index contributed by atoms with van der Waals surface area (Å²) in [4.78, 5) is 17.3. The van der Waals surface area contributed by atoms with Gasteiger partial charge in [0.1, 0.15) is 22.8 Å². The molecule has 0 radical (unpaired) electrons. The summed E-state index contributed by atoms with van der Waals surface area (Å²) in [6.45, 7) is -0.121. The average Bonchev–Trinajstić information content (AvgIpc) is 3.79. The van der Waals surface area contributed by atoms with Crippen LogP contribution < -0.4 is 15.0 Å². The molecule has 2 aromatic carbocycles. The third-order valence-electron chi connectivity index (χ3n) is 11.8. The van der Waals surface area contributed by atoms with Crippen molar-refractivity contribution in [3.63, 3.8) is 0 Å². The number of likely N-dealkylation sites (tertiary alicyclic amines) is 1. The van der Waals surface area contributed by atoms with Gasteiger partial charge in [-0.25, -0.2) is 13.8 Å². The second kappa shape index (κ2) is 15.2. The number of nitrogens with one attached hydrogen (secondary N) is 1. The van der Waals surface area contributed by atoms with Crippen LogP contribution in [0.1, 0.15) is 56.2 Å². The standard InChI is InChI=1S/C40H37F11N6O2/c1-2-24-26(41)12-10-21-7-5-9-25(30(21)24)33-32(42)34-31-28(53-33)14-15-29-27-13-11-22(52-27)19-57(29)35(31)55-36(54-34)58-18-6-8-23(20-56-16-3-4-17-56)59-37(38(43,44)45,39(46,47)48)40(49,50)51/h1,5,7,9-10,12,22-23,27,29,52H,3-4,6,8,11,13-20H2/t22-,23?,27+,29-/m1/s1. The lowest BCUT2D eigenvalue weighted by atomic mass is 9.95. The summed E-state index contributed by atoms with van der Waals surface area (Å²) in [6.07, 6.45) is -14.4. The van der Waals surface area contributed by atoms with Crippen LogP contribution in [0.2, 0.25) is 0 Å². The number of alkyl halides is 9. The number of aryl methyl sites for hydroxylation is 1. The zero-order valence-electron chi connectivity index (χ0n) is 31.2. The molecule has 8 nitrogen and oxygen atoms in total. The van der Waals surface area contributed by atoms with Gasteiger partial charge in [0.2, 0.25) is 0 Å². The zero-order valence-corrected chi connectivity index (χ0v) is 31.2. The number of benzene rings is 2. The molecule has 2 aromatic heterocycles. The number of halogens is 11. The Balaban J connectivity index is 1.15. The van der Waals surface area contributed by atoms with Gasteiger partial charge in [0.15, 0.2) is 5.82 Å². The van der Waals surface area contributed by atoms with Gasteiger partial charge in [-0.1, -0.05) is 30.2 Å². The fourth-order valence-corrected chi connectivity index (χ4v) is 9.15. The summed E-state index contributed by atoms with van der Waals surface area (Å²) in [5.74, 6) is 1.06. The van der Waals surface area contributed by atoms with E-state index in [0.29, 0.717) is 54.5 Å². The average molecular weight is 843 g/mol. The molecular formula is C40H37F11N6O2. The number of terminal acetylenes is 1. The first-order valence-corrected chi connectivity index (χ1v) is 19.3. The normalized spacial score (nSPS) is 21.8. The van der Waals surface area contributed by atoms with E-state index in [1.54, 1.807) is 18.2 Å². The summed E-state index contributed by atoms with van der Waals surface area (Å²) in [7, 11) is 0. The maximum Gasteiger partial charge on any atom is 0.435 e. The molecule has 59 heavy (non-hydrogen) atoms. The Morgan fingerprint density at radius 2 is 1.61 bits per heavy atom. The topological polar surface area (TPSA) is 75.6 Å². The monoisotopic (exact) mass is 842 g/mol. The lowest BCUT2D eigenvalue weighted by molar-refractivity contribution is -0.464. The van der Waals surface area contributed by atoms with Gasteiger partial charge in [0.05, 0.1) is 29.4 Å². The maximum absolute atomic E-state index is 17.1. The quantitative estimate of drug-likeness (QED) is 0.0970. The van der Waals surface area contributed by atoms with Crippen LogP contribution in [-0.4, -0.2) is 101 Å². The van der Waals surface area contributed by atoms with E-state index in [0.717, 1.165) is 12.8 Å². The van der Waals surface area contributed by atoms with Gasteiger partial charge in [-0.15, -0.1) is 6.42 Å². The number of pyridine rings is 1. The van der Waals surface area contributed by atoms with Crippen molar-refractivity contribution in [2.45, 2.75) is 99.7 Å². The molecule has 6 heterocycles. The van der Waals surface area contributed by atoms with Crippen LogP contribution in [0.5, 0.6) is 6.01 Å². The van der Waals surface area contributed by atoms with Crippen LogP contribution in [0.4, 0.5) is 54.1 Å². The minimum Gasteiger partial charge on any atom is -0.463 e. The zero-order chi connectivity index (χ0) is 42.1. The van der Waals surface area contributed by atoms with Crippen LogP contribution in [0, 0.1) is 24.0 Å². The Kier molecular flexibility index (Phi) is 10.6. The van der Waals surface area contributed by atoms with Gasteiger partial charge in [0.25, 0.3) is 0 Å². The Bertz CT molecular complexity index is 2250. The molecule has 4 aliphatic rings. The number of nitrogens with zero attached hydrogens (tertiary/aromatic N) is 5. The van der Waals surface area contributed by atoms with Gasteiger partial charge in [-0.05, 0) is 75.9 Å². The van der Waals surface area contributed by atoms with Crippen LogP contribution in [-0.2, 0) is 11.2 Å². The lowest BCUT2D eigenvalue weighted by Crippen LogP contribution is -2.69. The third-order valence-corrected chi connectivity index (χ3v) is 11.8. The van der Waals surface area contributed by atoms with Crippen molar-refractivity contribution in [3.8, 4) is 29.6 Å².